The van der Waals surface area contributed by atoms with E-state index in [-0.39, 0.29) is 0 Å². The van der Waals surface area contributed by atoms with E-state index in [9.17, 15) is 0 Å². The number of rotatable bonds is 8. The van der Waals surface area contributed by atoms with Gasteiger partial charge in [0.2, 0.25) is 5.95 Å². The Bertz CT molecular complexity index is 1270. The predicted octanol–water partition coefficient (Wildman–Crippen LogP) is 4.77. The van der Waals surface area contributed by atoms with Gasteiger partial charge in [-0.25, -0.2) is 9.97 Å². The molecule has 0 saturated heterocycles. The molecule has 0 spiro atoms. The van der Waals surface area contributed by atoms with Crippen molar-refractivity contribution in [2.45, 2.75) is 27.3 Å². The van der Waals surface area contributed by atoms with Crippen molar-refractivity contribution in [2.24, 2.45) is 5.73 Å². The summed E-state index contributed by atoms with van der Waals surface area (Å²) in [5, 5.41) is 6.85. The van der Waals surface area contributed by atoms with Crippen LogP contribution in [-0.2, 0) is 6.54 Å². The SMILES string of the molecule is CN/C(=C(/c1ccnc(NCc2cc(C)ccc2C)n1)N1C=CC(CN)=CC1)c1ccc(C)cc1. The molecule has 6 heteroatoms. The fourth-order valence-electron chi connectivity index (χ4n) is 4.13. The van der Waals surface area contributed by atoms with Crippen molar-refractivity contribution in [3.05, 3.63) is 112 Å². The third kappa shape index (κ3) is 5.78. The van der Waals surface area contributed by atoms with Crippen molar-refractivity contribution in [1.82, 2.24) is 20.2 Å². The molecule has 0 saturated carbocycles. The van der Waals surface area contributed by atoms with E-state index < -0.39 is 0 Å². The summed E-state index contributed by atoms with van der Waals surface area (Å²) in [6.07, 6.45) is 8.11. The van der Waals surface area contributed by atoms with E-state index >= 15 is 0 Å². The highest BCUT2D eigenvalue weighted by atomic mass is 15.2. The van der Waals surface area contributed by atoms with Gasteiger partial charge < -0.3 is 21.3 Å². The smallest absolute Gasteiger partial charge is 0.223 e. The van der Waals surface area contributed by atoms with Gasteiger partial charge >= 0.3 is 0 Å². The average Bonchev–Trinajstić information content (AvgIpc) is 2.88. The lowest BCUT2D eigenvalue weighted by molar-refractivity contribution is 0.579. The van der Waals surface area contributed by atoms with E-state index in [4.69, 9.17) is 10.7 Å². The van der Waals surface area contributed by atoms with E-state index in [1.807, 2.05) is 19.3 Å². The third-order valence-corrected chi connectivity index (χ3v) is 6.21. The van der Waals surface area contributed by atoms with Crippen LogP contribution in [0.15, 0.2) is 78.7 Å². The Kier molecular flexibility index (Phi) is 7.63. The lowest BCUT2D eigenvalue weighted by atomic mass is 10.0. The van der Waals surface area contributed by atoms with Crippen LogP contribution in [0.5, 0.6) is 0 Å². The maximum atomic E-state index is 5.86. The Hall–Kier alpha value is -3.90. The normalized spacial score (nSPS) is 13.9. The van der Waals surface area contributed by atoms with Gasteiger partial charge in [-0.05, 0) is 55.2 Å². The molecule has 3 aromatic rings. The minimum atomic E-state index is 0.528. The van der Waals surface area contributed by atoms with Crippen molar-refractivity contribution in [3.63, 3.8) is 0 Å². The summed E-state index contributed by atoms with van der Waals surface area (Å²) < 4.78 is 0. The van der Waals surface area contributed by atoms with Gasteiger partial charge in [-0.3, -0.25) is 0 Å². The van der Waals surface area contributed by atoms with Crippen molar-refractivity contribution in [3.8, 4) is 0 Å². The van der Waals surface area contributed by atoms with Crippen LogP contribution in [0.1, 0.15) is 33.5 Å². The Balaban J connectivity index is 1.72. The highest BCUT2D eigenvalue weighted by molar-refractivity contribution is 5.88. The first-order valence-corrected chi connectivity index (χ1v) is 11.9. The zero-order chi connectivity index (χ0) is 24.8. The Morgan fingerprint density at radius 3 is 2.49 bits per heavy atom. The molecule has 0 radical (unpaired) electrons. The molecule has 1 aliphatic heterocycles. The fourth-order valence-corrected chi connectivity index (χ4v) is 4.13. The van der Waals surface area contributed by atoms with Crippen LogP contribution < -0.4 is 16.4 Å². The van der Waals surface area contributed by atoms with E-state index in [2.05, 4.69) is 102 Å². The number of nitrogens with zero attached hydrogens (tertiary/aromatic N) is 3. The van der Waals surface area contributed by atoms with Gasteiger partial charge in [0.25, 0.3) is 0 Å². The number of aryl methyl sites for hydroxylation is 3. The van der Waals surface area contributed by atoms with Gasteiger partial charge in [-0.15, -0.1) is 0 Å². The van der Waals surface area contributed by atoms with Crippen LogP contribution in [0, 0.1) is 20.8 Å². The van der Waals surface area contributed by atoms with Gasteiger partial charge in [0.05, 0.1) is 17.1 Å². The monoisotopic (exact) mass is 466 g/mol. The van der Waals surface area contributed by atoms with Crippen molar-refractivity contribution >= 4 is 17.3 Å². The first-order valence-electron chi connectivity index (χ1n) is 11.9. The van der Waals surface area contributed by atoms with Gasteiger partial charge in [0.15, 0.2) is 0 Å². The van der Waals surface area contributed by atoms with E-state index in [1.165, 1.54) is 22.3 Å². The second-order valence-electron chi connectivity index (χ2n) is 8.84. The molecule has 0 unspecified atom stereocenters. The molecule has 0 atom stereocenters. The van der Waals surface area contributed by atoms with Crippen LogP contribution >= 0.6 is 0 Å². The molecule has 6 nitrogen and oxygen atoms in total. The highest BCUT2D eigenvalue weighted by Crippen LogP contribution is 2.29. The Morgan fingerprint density at radius 1 is 1.03 bits per heavy atom. The topological polar surface area (TPSA) is 79.1 Å². The summed E-state index contributed by atoms with van der Waals surface area (Å²) in [6.45, 7) is 8.24. The van der Waals surface area contributed by atoms with Crippen LogP contribution in [0.4, 0.5) is 5.95 Å². The molecule has 2 heterocycles. The van der Waals surface area contributed by atoms with Crippen LogP contribution in [-0.4, -0.2) is 35.0 Å². The minimum Gasteiger partial charge on any atom is -0.386 e. The number of benzene rings is 2. The van der Waals surface area contributed by atoms with E-state index in [1.54, 1.807) is 0 Å². The molecule has 0 bridgehead atoms. The Morgan fingerprint density at radius 2 is 1.80 bits per heavy atom. The standard InChI is InChI=1S/C29H34N6/c1-20-6-9-24(10-7-20)27(31-4)28(35-15-12-23(18-30)13-16-35)26-11-14-32-29(34-26)33-19-25-17-21(2)5-8-22(25)3/h5-15,17,31H,16,18-19,30H2,1-4H3,(H,32,33,34)/b28-27-. The number of hydrogen-bond acceptors (Lipinski definition) is 6. The molecule has 0 amide bonds. The number of nitrogens with one attached hydrogen (secondary N) is 2. The van der Waals surface area contributed by atoms with E-state index in [0.717, 1.165) is 28.2 Å². The van der Waals surface area contributed by atoms with Crippen LogP contribution in [0.2, 0.25) is 0 Å². The number of nitrogens with two attached hydrogens (primary N) is 1. The molecule has 35 heavy (non-hydrogen) atoms. The first-order chi connectivity index (χ1) is 17.0. The molecule has 4 N–H and O–H groups in total. The van der Waals surface area contributed by atoms with E-state index in [0.29, 0.717) is 25.6 Å². The maximum Gasteiger partial charge on any atom is 0.223 e. The van der Waals surface area contributed by atoms with Crippen molar-refractivity contribution in [2.75, 3.05) is 25.5 Å². The second kappa shape index (κ2) is 11.0. The summed E-state index contributed by atoms with van der Waals surface area (Å²) in [5.41, 5.74) is 15.8. The molecule has 2 aromatic carbocycles. The highest BCUT2D eigenvalue weighted by Gasteiger charge is 2.20. The molecule has 1 aromatic heterocycles. The molecule has 1 aliphatic rings. The van der Waals surface area contributed by atoms with Crippen LogP contribution in [0.3, 0.4) is 0 Å². The third-order valence-electron chi connectivity index (χ3n) is 6.21. The molecular formula is C29H34N6. The minimum absolute atomic E-state index is 0.528. The lowest BCUT2D eigenvalue weighted by Crippen LogP contribution is -2.24. The summed E-state index contributed by atoms with van der Waals surface area (Å²) in [7, 11) is 1.95. The summed E-state index contributed by atoms with van der Waals surface area (Å²) in [6, 6.07) is 17.0. The summed E-state index contributed by atoms with van der Waals surface area (Å²) in [4.78, 5) is 11.6. The molecular weight excluding hydrogens is 432 g/mol. The van der Waals surface area contributed by atoms with Gasteiger partial charge in [-0.1, -0.05) is 59.7 Å². The van der Waals surface area contributed by atoms with Crippen LogP contribution in [0.25, 0.3) is 11.4 Å². The molecule has 4 rings (SSSR count). The molecule has 0 aliphatic carbocycles. The number of hydrogen-bond donors (Lipinski definition) is 3. The van der Waals surface area contributed by atoms with Gasteiger partial charge in [0, 0.05) is 39.1 Å². The quantitative estimate of drug-likeness (QED) is 0.444. The zero-order valence-corrected chi connectivity index (χ0v) is 21.0. The summed E-state index contributed by atoms with van der Waals surface area (Å²) in [5.74, 6) is 0.597. The average molecular weight is 467 g/mol. The largest absolute Gasteiger partial charge is 0.386 e. The van der Waals surface area contributed by atoms with Gasteiger partial charge in [-0.2, -0.15) is 0 Å². The number of anilines is 1. The lowest BCUT2D eigenvalue weighted by Gasteiger charge is -2.28. The zero-order valence-electron chi connectivity index (χ0n) is 21.0. The predicted molar refractivity (Wildman–Crippen MR) is 145 cm³/mol. The number of aromatic nitrogens is 2. The molecule has 180 valence electrons. The second-order valence-corrected chi connectivity index (χ2v) is 8.84. The first kappa shape index (κ1) is 24.2. The molecule has 0 fully saturated rings. The fraction of sp³-hybridized carbons (Fsp3) is 0.241. The maximum absolute atomic E-state index is 5.86. The van der Waals surface area contributed by atoms with Gasteiger partial charge in [0.1, 0.15) is 0 Å². The summed E-state index contributed by atoms with van der Waals surface area (Å²) >= 11 is 0. The van der Waals surface area contributed by atoms with Crippen molar-refractivity contribution < 1.29 is 0 Å². The van der Waals surface area contributed by atoms with Crippen molar-refractivity contribution in [1.29, 1.82) is 0 Å². The Labute approximate surface area is 208 Å².